The summed E-state index contributed by atoms with van der Waals surface area (Å²) in [7, 11) is 0. The van der Waals surface area contributed by atoms with Crippen molar-refractivity contribution < 1.29 is 26.7 Å². The van der Waals surface area contributed by atoms with Gasteiger partial charge in [0.05, 0.1) is 0 Å². The Labute approximate surface area is 120 Å². The smallest absolute Gasteiger partial charge is 0.231 e. The van der Waals surface area contributed by atoms with E-state index in [0.29, 0.717) is 17.7 Å². The molecule has 0 fully saturated rings. The number of rotatable bonds is 6. The van der Waals surface area contributed by atoms with Gasteiger partial charge in [0.1, 0.15) is 0 Å². The van der Waals surface area contributed by atoms with E-state index in [2.05, 4.69) is 18.7 Å². The molecule has 0 unspecified atom stereocenters. The third-order valence-electron chi connectivity index (χ3n) is 3.24. The van der Waals surface area contributed by atoms with Crippen molar-refractivity contribution in [2.45, 2.75) is 20.3 Å². The van der Waals surface area contributed by atoms with Crippen LogP contribution in [0.25, 0.3) is 0 Å². The molecule has 1 aromatic carbocycles. The van der Waals surface area contributed by atoms with Gasteiger partial charge in [0.2, 0.25) is 6.79 Å². The van der Waals surface area contributed by atoms with Crippen LogP contribution in [0.4, 0.5) is 0 Å². The summed E-state index contributed by atoms with van der Waals surface area (Å²) in [4.78, 5) is 14.3. The van der Waals surface area contributed by atoms with Gasteiger partial charge in [-0.2, -0.15) is 0 Å². The molecule has 1 aromatic rings. The van der Waals surface area contributed by atoms with Crippen molar-refractivity contribution in [3.63, 3.8) is 0 Å². The van der Waals surface area contributed by atoms with E-state index in [1.807, 2.05) is 0 Å². The van der Waals surface area contributed by atoms with Gasteiger partial charge in [-0.1, -0.05) is 13.8 Å². The van der Waals surface area contributed by atoms with Crippen LogP contribution in [0.2, 0.25) is 0 Å². The van der Waals surface area contributed by atoms with E-state index in [1.165, 1.54) is 0 Å². The van der Waals surface area contributed by atoms with Crippen molar-refractivity contribution in [2.75, 3.05) is 26.4 Å². The fourth-order valence-corrected chi connectivity index (χ4v) is 2.01. The summed E-state index contributed by atoms with van der Waals surface area (Å²) in [5.41, 5.74) is 0.700. The first-order valence-electron chi connectivity index (χ1n) is 6.39. The molecular weight excluding hydrogens is 266 g/mol. The summed E-state index contributed by atoms with van der Waals surface area (Å²) in [5, 5.41) is 0. The topological polar surface area (TPSA) is 38.8 Å². The van der Waals surface area contributed by atoms with Crippen LogP contribution in [0.3, 0.4) is 0 Å². The Hall–Kier alpha value is -1.26. The monoisotopic (exact) mass is 284 g/mol. The fraction of sp³-hybridized carbons (Fsp3) is 0.500. The molecule has 0 radical (unpaired) electrons. The molecule has 5 heteroatoms. The molecule has 0 bridgehead atoms. The molecule has 0 spiro atoms. The summed E-state index contributed by atoms with van der Waals surface area (Å²) in [6, 6.07) is 5.37. The van der Waals surface area contributed by atoms with Gasteiger partial charge in [0.15, 0.2) is 17.3 Å². The predicted molar refractivity (Wildman–Crippen MR) is 69.3 cm³/mol. The third kappa shape index (κ3) is 3.85. The minimum Gasteiger partial charge on any atom is -1.00 e. The van der Waals surface area contributed by atoms with Crippen LogP contribution in [-0.2, 0) is 0 Å². The maximum Gasteiger partial charge on any atom is 0.231 e. The van der Waals surface area contributed by atoms with E-state index < -0.39 is 0 Å². The van der Waals surface area contributed by atoms with Crippen LogP contribution in [0.15, 0.2) is 18.2 Å². The minimum absolute atomic E-state index is 0. The van der Waals surface area contributed by atoms with Gasteiger partial charge in [-0.15, -0.1) is 0 Å². The SMILES string of the molecule is CCN(CC)CCC(=O)c1ccc2c(c1)OCO2.[Cl-]. The average molecular weight is 285 g/mol. The Morgan fingerprint density at radius 2 is 1.89 bits per heavy atom. The Kier molecular flexibility index (Phi) is 6.12. The molecule has 0 saturated heterocycles. The van der Waals surface area contributed by atoms with E-state index in [1.54, 1.807) is 18.2 Å². The first-order valence-corrected chi connectivity index (χ1v) is 6.39. The number of benzene rings is 1. The zero-order valence-corrected chi connectivity index (χ0v) is 12.1. The lowest BCUT2D eigenvalue weighted by atomic mass is 10.1. The van der Waals surface area contributed by atoms with Gasteiger partial charge in [0.25, 0.3) is 0 Å². The van der Waals surface area contributed by atoms with Crippen molar-refractivity contribution in [3.05, 3.63) is 23.8 Å². The Balaban J connectivity index is 0.00000180. The molecule has 1 aliphatic rings. The lowest BCUT2D eigenvalue weighted by Crippen LogP contribution is -3.00. The number of fused-ring (bicyclic) bond motifs is 1. The van der Waals surface area contributed by atoms with Crippen LogP contribution in [-0.4, -0.2) is 37.1 Å². The lowest BCUT2D eigenvalue weighted by molar-refractivity contribution is -0.0000134. The molecule has 0 atom stereocenters. The Morgan fingerprint density at radius 1 is 1.21 bits per heavy atom. The van der Waals surface area contributed by atoms with Crippen molar-refractivity contribution in [1.29, 1.82) is 0 Å². The second-order valence-electron chi connectivity index (χ2n) is 4.27. The maximum absolute atomic E-state index is 12.1. The van der Waals surface area contributed by atoms with Gasteiger partial charge < -0.3 is 26.8 Å². The number of halogens is 1. The number of ether oxygens (including phenoxy) is 2. The van der Waals surface area contributed by atoms with Crippen LogP contribution >= 0.6 is 0 Å². The Morgan fingerprint density at radius 3 is 2.58 bits per heavy atom. The highest BCUT2D eigenvalue weighted by Crippen LogP contribution is 2.32. The van der Waals surface area contributed by atoms with Gasteiger partial charge >= 0.3 is 0 Å². The average Bonchev–Trinajstić information content (AvgIpc) is 2.86. The lowest BCUT2D eigenvalue weighted by Gasteiger charge is -2.17. The number of carbonyl (C=O) groups excluding carboxylic acids is 1. The van der Waals surface area contributed by atoms with Gasteiger partial charge in [-0.05, 0) is 31.3 Å². The predicted octanol–water partition coefficient (Wildman–Crippen LogP) is -0.666. The van der Waals surface area contributed by atoms with Crippen molar-refractivity contribution in [1.82, 2.24) is 4.90 Å². The molecule has 4 nitrogen and oxygen atoms in total. The molecule has 0 amide bonds. The number of hydrogen-bond donors (Lipinski definition) is 0. The van der Waals surface area contributed by atoms with Crippen molar-refractivity contribution >= 4 is 5.78 Å². The number of nitrogens with zero attached hydrogens (tertiary/aromatic N) is 1. The summed E-state index contributed by atoms with van der Waals surface area (Å²) < 4.78 is 10.5. The van der Waals surface area contributed by atoms with Crippen molar-refractivity contribution in [3.8, 4) is 11.5 Å². The van der Waals surface area contributed by atoms with E-state index in [0.717, 1.165) is 25.4 Å². The summed E-state index contributed by atoms with van der Waals surface area (Å²) in [6.45, 7) is 7.21. The van der Waals surface area contributed by atoms with Crippen LogP contribution in [0.1, 0.15) is 30.6 Å². The quantitative estimate of drug-likeness (QED) is 0.650. The molecule has 19 heavy (non-hydrogen) atoms. The van der Waals surface area contributed by atoms with Crippen LogP contribution in [0, 0.1) is 0 Å². The Bertz CT molecular complexity index is 433. The number of hydrogen-bond acceptors (Lipinski definition) is 4. The first-order chi connectivity index (χ1) is 8.74. The second-order valence-corrected chi connectivity index (χ2v) is 4.27. The van der Waals surface area contributed by atoms with Crippen LogP contribution in [0.5, 0.6) is 11.5 Å². The summed E-state index contributed by atoms with van der Waals surface area (Å²) in [6.07, 6.45) is 0.543. The maximum atomic E-state index is 12.1. The molecule has 0 N–H and O–H groups in total. The highest BCUT2D eigenvalue weighted by Gasteiger charge is 2.16. The normalized spacial score (nSPS) is 12.4. The third-order valence-corrected chi connectivity index (χ3v) is 3.24. The van der Waals surface area contributed by atoms with E-state index >= 15 is 0 Å². The molecule has 1 aliphatic heterocycles. The van der Waals surface area contributed by atoms with E-state index in [-0.39, 0.29) is 25.0 Å². The van der Waals surface area contributed by atoms with Gasteiger partial charge in [-0.3, -0.25) is 4.79 Å². The summed E-state index contributed by atoms with van der Waals surface area (Å²) in [5.74, 6) is 1.54. The molecular formula is C14H19ClNO3-. The summed E-state index contributed by atoms with van der Waals surface area (Å²) >= 11 is 0. The fourth-order valence-electron chi connectivity index (χ4n) is 2.01. The zero-order valence-electron chi connectivity index (χ0n) is 11.3. The first kappa shape index (κ1) is 15.8. The second kappa shape index (κ2) is 7.36. The van der Waals surface area contributed by atoms with Gasteiger partial charge in [-0.25, -0.2) is 0 Å². The number of Topliss-reactive ketones (excluding diaryl/α,β-unsaturated/α-hetero) is 1. The molecule has 0 saturated carbocycles. The van der Waals surface area contributed by atoms with Crippen LogP contribution < -0.4 is 21.9 Å². The minimum atomic E-state index is 0. The van der Waals surface area contributed by atoms with Crippen molar-refractivity contribution in [2.24, 2.45) is 0 Å². The molecule has 0 aliphatic carbocycles. The zero-order chi connectivity index (χ0) is 13.0. The van der Waals surface area contributed by atoms with E-state index in [9.17, 15) is 4.79 Å². The largest absolute Gasteiger partial charge is 1.00 e. The number of ketones is 1. The highest BCUT2D eigenvalue weighted by atomic mass is 35.5. The molecule has 0 aromatic heterocycles. The highest BCUT2D eigenvalue weighted by molar-refractivity contribution is 5.96. The molecule has 1 heterocycles. The molecule has 106 valence electrons. The van der Waals surface area contributed by atoms with Gasteiger partial charge in [0, 0.05) is 18.5 Å². The van der Waals surface area contributed by atoms with E-state index in [4.69, 9.17) is 9.47 Å². The molecule has 2 rings (SSSR count). The standard InChI is InChI=1S/C14H19NO3.ClH/c1-3-15(4-2)8-7-12(16)11-5-6-13-14(9-11)18-10-17-13;/h5-6,9H,3-4,7-8,10H2,1-2H3;1H/p-1. The number of carbonyl (C=O) groups is 1.